The number of esters is 2. The summed E-state index contributed by atoms with van der Waals surface area (Å²) in [6.07, 6.45) is 0.412. The van der Waals surface area contributed by atoms with E-state index in [4.69, 9.17) is 14.2 Å². The third kappa shape index (κ3) is 4.93. The van der Waals surface area contributed by atoms with Gasteiger partial charge in [0.1, 0.15) is 11.8 Å². The Balaban J connectivity index is 1.61. The van der Waals surface area contributed by atoms with E-state index in [9.17, 15) is 14.4 Å². The molecule has 0 radical (unpaired) electrons. The van der Waals surface area contributed by atoms with Gasteiger partial charge in [-0.25, -0.2) is 4.79 Å². The lowest BCUT2D eigenvalue weighted by atomic mass is 9.94. The summed E-state index contributed by atoms with van der Waals surface area (Å²) in [6.45, 7) is -0.157. The number of carbonyl (C=O) groups excluding carboxylic acids is 3. The van der Waals surface area contributed by atoms with Crippen molar-refractivity contribution < 1.29 is 28.6 Å². The molecule has 1 aliphatic rings. The van der Waals surface area contributed by atoms with Crippen LogP contribution in [0.3, 0.4) is 0 Å². The first-order chi connectivity index (χ1) is 14.0. The second-order valence-corrected chi connectivity index (χ2v) is 6.72. The SMILES string of the molecule is COC(=O)[C@@H]1Cc2ccccc2CN1C(=O)COC(=O)Cc1ccc(OC)cc1. The first kappa shape index (κ1) is 20.4. The average molecular weight is 397 g/mol. The predicted octanol–water partition coefficient (Wildman–Crippen LogP) is 1.91. The minimum absolute atomic E-state index is 0.0422. The molecule has 0 aliphatic carbocycles. The molecule has 0 saturated carbocycles. The number of amides is 1. The maximum absolute atomic E-state index is 12.7. The highest BCUT2D eigenvalue weighted by molar-refractivity contribution is 5.87. The standard InChI is InChI=1S/C22H23NO6/c1-27-18-9-7-15(8-10-18)11-21(25)29-14-20(24)23-13-17-6-4-3-5-16(17)12-19(23)22(26)28-2/h3-10,19H,11-14H2,1-2H3/t19-/m0/s1. The maximum Gasteiger partial charge on any atom is 0.328 e. The number of nitrogens with zero attached hydrogens (tertiary/aromatic N) is 1. The number of hydrogen-bond acceptors (Lipinski definition) is 6. The van der Waals surface area contributed by atoms with E-state index in [0.29, 0.717) is 12.2 Å². The molecular weight excluding hydrogens is 374 g/mol. The number of methoxy groups -OCH3 is 2. The van der Waals surface area contributed by atoms with Crippen LogP contribution in [0.25, 0.3) is 0 Å². The van der Waals surface area contributed by atoms with Crippen molar-refractivity contribution in [2.45, 2.75) is 25.4 Å². The van der Waals surface area contributed by atoms with Gasteiger partial charge in [0.25, 0.3) is 5.91 Å². The number of rotatable bonds is 6. The Hall–Kier alpha value is -3.35. The van der Waals surface area contributed by atoms with Gasteiger partial charge in [-0.3, -0.25) is 9.59 Å². The minimum Gasteiger partial charge on any atom is -0.497 e. The van der Waals surface area contributed by atoms with Gasteiger partial charge in [0.2, 0.25) is 0 Å². The fourth-order valence-corrected chi connectivity index (χ4v) is 3.32. The molecule has 0 saturated heterocycles. The van der Waals surface area contributed by atoms with E-state index in [1.54, 1.807) is 31.4 Å². The lowest BCUT2D eigenvalue weighted by molar-refractivity contribution is -0.159. The summed E-state index contributed by atoms with van der Waals surface area (Å²) in [6, 6.07) is 13.9. The van der Waals surface area contributed by atoms with Crippen molar-refractivity contribution >= 4 is 17.8 Å². The van der Waals surface area contributed by atoms with Gasteiger partial charge in [0.15, 0.2) is 6.61 Å². The summed E-state index contributed by atoms with van der Waals surface area (Å²) in [5.74, 6) is -0.748. The highest BCUT2D eigenvalue weighted by atomic mass is 16.5. The van der Waals surface area contributed by atoms with Crippen molar-refractivity contribution in [3.8, 4) is 5.75 Å². The van der Waals surface area contributed by atoms with Crippen LogP contribution in [0, 0.1) is 0 Å². The van der Waals surface area contributed by atoms with Gasteiger partial charge in [0.05, 0.1) is 20.6 Å². The second kappa shape index (κ2) is 9.23. The Morgan fingerprint density at radius 1 is 1.00 bits per heavy atom. The second-order valence-electron chi connectivity index (χ2n) is 6.72. The van der Waals surface area contributed by atoms with E-state index in [1.807, 2.05) is 24.3 Å². The van der Waals surface area contributed by atoms with Crippen LogP contribution in [-0.4, -0.2) is 49.6 Å². The van der Waals surface area contributed by atoms with Crippen LogP contribution in [-0.2, 0) is 43.2 Å². The highest BCUT2D eigenvalue weighted by Gasteiger charge is 2.35. The Kier molecular flexibility index (Phi) is 6.49. The van der Waals surface area contributed by atoms with Crippen molar-refractivity contribution in [1.29, 1.82) is 0 Å². The molecule has 7 heteroatoms. The van der Waals surface area contributed by atoms with Crippen LogP contribution in [0.15, 0.2) is 48.5 Å². The molecule has 2 aromatic rings. The molecule has 1 amide bonds. The molecule has 0 unspecified atom stereocenters. The zero-order valence-electron chi connectivity index (χ0n) is 16.4. The molecule has 3 rings (SSSR count). The van der Waals surface area contributed by atoms with Gasteiger partial charge in [-0.05, 0) is 28.8 Å². The lowest BCUT2D eigenvalue weighted by Gasteiger charge is -2.35. The summed E-state index contributed by atoms with van der Waals surface area (Å²) < 4.78 is 15.1. The van der Waals surface area contributed by atoms with Crippen LogP contribution in [0.1, 0.15) is 16.7 Å². The Morgan fingerprint density at radius 3 is 2.34 bits per heavy atom. The summed E-state index contributed by atoms with van der Waals surface area (Å²) in [5, 5.41) is 0. The van der Waals surface area contributed by atoms with E-state index >= 15 is 0 Å². The molecule has 0 spiro atoms. The number of carbonyl (C=O) groups is 3. The van der Waals surface area contributed by atoms with E-state index in [1.165, 1.54) is 12.0 Å². The molecule has 2 aromatic carbocycles. The molecule has 0 N–H and O–H groups in total. The minimum atomic E-state index is -0.734. The fraction of sp³-hybridized carbons (Fsp3) is 0.318. The Bertz CT molecular complexity index is 892. The molecule has 29 heavy (non-hydrogen) atoms. The summed E-state index contributed by atoms with van der Waals surface area (Å²) in [7, 11) is 2.86. The highest BCUT2D eigenvalue weighted by Crippen LogP contribution is 2.24. The van der Waals surface area contributed by atoms with Crippen molar-refractivity contribution in [3.63, 3.8) is 0 Å². The smallest absolute Gasteiger partial charge is 0.328 e. The van der Waals surface area contributed by atoms with Gasteiger partial charge in [-0.2, -0.15) is 0 Å². The summed E-state index contributed by atoms with van der Waals surface area (Å²) in [5.41, 5.74) is 2.72. The van der Waals surface area contributed by atoms with Crippen LogP contribution < -0.4 is 4.74 Å². The molecule has 0 fully saturated rings. The predicted molar refractivity (Wildman–Crippen MR) is 104 cm³/mol. The van der Waals surface area contributed by atoms with E-state index in [0.717, 1.165) is 16.7 Å². The lowest BCUT2D eigenvalue weighted by Crippen LogP contribution is -2.50. The monoisotopic (exact) mass is 397 g/mol. The van der Waals surface area contributed by atoms with Crippen molar-refractivity contribution in [2.75, 3.05) is 20.8 Å². The Morgan fingerprint density at radius 2 is 1.69 bits per heavy atom. The van der Waals surface area contributed by atoms with Crippen molar-refractivity contribution in [3.05, 3.63) is 65.2 Å². The van der Waals surface area contributed by atoms with Crippen molar-refractivity contribution in [2.24, 2.45) is 0 Å². The number of hydrogen-bond donors (Lipinski definition) is 0. The molecule has 1 atom stereocenters. The molecule has 0 bridgehead atoms. The number of fused-ring (bicyclic) bond motifs is 1. The zero-order chi connectivity index (χ0) is 20.8. The molecule has 1 heterocycles. The Labute approximate surface area is 169 Å². The van der Waals surface area contributed by atoms with Crippen LogP contribution >= 0.6 is 0 Å². The largest absolute Gasteiger partial charge is 0.497 e. The van der Waals surface area contributed by atoms with E-state index in [-0.39, 0.29) is 13.0 Å². The topological polar surface area (TPSA) is 82.1 Å². The average Bonchev–Trinajstić information content (AvgIpc) is 2.76. The van der Waals surface area contributed by atoms with Crippen molar-refractivity contribution in [1.82, 2.24) is 4.90 Å². The maximum atomic E-state index is 12.7. The first-order valence-corrected chi connectivity index (χ1v) is 9.24. The number of ether oxygens (including phenoxy) is 3. The summed E-state index contributed by atoms with van der Waals surface area (Å²) >= 11 is 0. The van der Waals surface area contributed by atoms with Gasteiger partial charge in [-0.1, -0.05) is 36.4 Å². The van der Waals surface area contributed by atoms with E-state index < -0.39 is 30.5 Å². The fourth-order valence-electron chi connectivity index (χ4n) is 3.32. The molecule has 7 nitrogen and oxygen atoms in total. The normalized spacial score (nSPS) is 15.2. The zero-order valence-corrected chi connectivity index (χ0v) is 16.4. The van der Waals surface area contributed by atoms with Gasteiger partial charge in [0, 0.05) is 13.0 Å². The summed E-state index contributed by atoms with van der Waals surface area (Å²) in [4.78, 5) is 38.4. The quantitative estimate of drug-likeness (QED) is 0.693. The van der Waals surface area contributed by atoms with Gasteiger partial charge >= 0.3 is 11.9 Å². The molecule has 152 valence electrons. The van der Waals surface area contributed by atoms with Crippen LogP contribution in [0.5, 0.6) is 5.75 Å². The molecule has 0 aromatic heterocycles. The third-order valence-corrected chi connectivity index (χ3v) is 4.91. The van der Waals surface area contributed by atoms with Gasteiger partial charge in [-0.15, -0.1) is 0 Å². The third-order valence-electron chi connectivity index (χ3n) is 4.91. The van der Waals surface area contributed by atoms with Gasteiger partial charge < -0.3 is 19.1 Å². The number of benzene rings is 2. The van der Waals surface area contributed by atoms with E-state index in [2.05, 4.69) is 0 Å². The van der Waals surface area contributed by atoms with Crippen LogP contribution in [0.2, 0.25) is 0 Å². The first-order valence-electron chi connectivity index (χ1n) is 9.24. The molecular formula is C22H23NO6. The molecule has 1 aliphatic heterocycles. The van der Waals surface area contributed by atoms with Crippen LogP contribution in [0.4, 0.5) is 0 Å².